The highest BCUT2D eigenvalue weighted by molar-refractivity contribution is 6.10. The van der Waals surface area contributed by atoms with E-state index < -0.39 is 5.91 Å². The molecule has 1 aromatic carbocycles. The van der Waals surface area contributed by atoms with Gasteiger partial charge in [0.1, 0.15) is 17.3 Å². The molecule has 3 rings (SSSR count). The van der Waals surface area contributed by atoms with E-state index in [2.05, 4.69) is 15.3 Å². The van der Waals surface area contributed by atoms with Crippen molar-refractivity contribution in [1.29, 1.82) is 5.26 Å². The monoisotopic (exact) mass is 288 g/mol. The van der Waals surface area contributed by atoms with E-state index in [9.17, 15) is 10.1 Å². The molecule has 0 atom stereocenters. The first kappa shape index (κ1) is 13.6. The first-order valence-corrected chi connectivity index (χ1v) is 6.68. The highest BCUT2D eigenvalue weighted by atomic mass is 16.1. The number of benzene rings is 1. The number of anilines is 1. The van der Waals surface area contributed by atoms with Gasteiger partial charge in [-0.3, -0.25) is 4.79 Å². The number of carbonyl (C=O) groups excluding carboxylic acids is 1. The molecule has 0 aliphatic heterocycles. The Morgan fingerprint density at radius 1 is 1.23 bits per heavy atom. The second kappa shape index (κ2) is 5.94. The van der Waals surface area contributed by atoms with Gasteiger partial charge in [0.2, 0.25) is 0 Å². The van der Waals surface area contributed by atoms with Crippen molar-refractivity contribution < 1.29 is 4.79 Å². The van der Waals surface area contributed by atoms with Gasteiger partial charge in [0.15, 0.2) is 0 Å². The molecule has 106 valence electrons. The molecule has 1 amide bonds. The van der Waals surface area contributed by atoms with Gasteiger partial charge in [-0.25, -0.2) is 4.98 Å². The van der Waals surface area contributed by atoms with Gasteiger partial charge in [0, 0.05) is 29.0 Å². The summed E-state index contributed by atoms with van der Waals surface area (Å²) in [5.41, 5.74) is 2.15. The normalized spacial score (nSPS) is 11.1. The van der Waals surface area contributed by atoms with Gasteiger partial charge < -0.3 is 10.3 Å². The maximum Gasteiger partial charge on any atom is 0.266 e. The number of carbonyl (C=O) groups is 1. The van der Waals surface area contributed by atoms with Gasteiger partial charge in [-0.15, -0.1) is 0 Å². The third-order valence-electron chi connectivity index (χ3n) is 3.18. The van der Waals surface area contributed by atoms with Crippen LogP contribution < -0.4 is 5.32 Å². The molecular weight excluding hydrogens is 276 g/mol. The van der Waals surface area contributed by atoms with E-state index in [-0.39, 0.29) is 5.57 Å². The number of rotatable bonds is 3. The zero-order chi connectivity index (χ0) is 15.4. The number of hydrogen-bond acceptors (Lipinski definition) is 3. The smallest absolute Gasteiger partial charge is 0.266 e. The van der Waals surface area contributed by atoms with Crippen LogP contribution in [0, 0.1) is 11.3 Å². The molecule has 0 unspecified atom stereocenters. The van der Waals surface area contributed by atoms with E-state index in [1.54, 1.807) is 30.6 Å². The Labute approximate surface area is 126 Å². The van der Waals surface area contributed by atoms with Gasteiger partial charge in [-0.2, -0.15) is 5.26 Å². The van der Waals surface area contributed by atoms with Crippen LogP contribution in [0.2, 0.25) is 0 Å². The zero-order valence-electron chi connectivity index (χ0n) is 11.6. The lowest BCUT2D eigenvalue weighted by molar-refractivity contribution is -0.112. The molecule has 0 bridgehead atoms. The van der Waals surface area contributed by atoms with Gasteiger partial charge >= 0.3 is 0 Å². The lowest BCUT2D eigenvalue weighted by Gasteiger charge is -2.03. The van der Waals surface area contributed by atoms with E-state index in [4.69, 9.17) is 0 Å². The van der Waals surface area contributed by atoms with Crippen LogP contribution in [0.4, 0.5) is 5.69 Å². The number of para-hydroxylation sites is 1. The molecule has 5 nitrogen and oxygen atoms in total. The summed E-state index contributed by atoms with van der Waals surface area (Å²) in [6.07, 6.45) is 4.96. The lowest BCUT2D eigenvalue weighted by atomic mass is 10.1. The Bertz CT molecular complexity index is 888. The average molecular weight is 288 g/mol. The fourth-order valence-corrected chi connectivity index (χ4v) is 2.12. The van der Waals surface area contributed by atoms with Crippen molar-refractivity contribution in [2.24, 2.45) is 0 Å². The van der Waals surface area contributed by atoms with E-state index in [0.717, 1.165) is 16.6 Å². The maximum atomic E-state index is 12.2. The molecule has 0 aliphatic carbocycles. The Balaban J connectivity index is 1.90. The standard InChI is InChI=1S/C17H12N4O/c18-10-12(17(22)21-14-5-2-1-3-6-14)9-13-11-20-16-15(13)7-4-8-19-16/h1-9,11H,(H,19,20)(H,21,22)/b12-9+. The highest BCUT2D eigenvalue weighted by Crippen LogP contribution is 2.19. The molecule has 0 aliphatic rings. The fraction of sp³-hybridized carbons (Fsp3) is 0. The van der Waals surface area contributed by atoms with Crippen LogP contribution in [0.5, 0.6) is 0 Å². The Morgan fingerprint density at radius 3 is 2.82 bits per heavy atom. The maximum absolute atomic E-state index is 12.2. The number of aromatic amines is 1. The number of nitriles is 1. The summed E-state index contributed by atoms with van der Waals surface area (Å²) < 4.78 is 0. The topological polar surface area (TPSA) is 81.6 Å². The van der Waals surface area contributed by atoms with E-state index >= 15 is 0 Å². The Kier molecular flexibility index (Phi) is 3.67. The van der Waals surface area contributed by atoms with E-state index in [1.807, 2.05) is 36.4 Å². The number of fused-ring (bicyclic) bond motifs is 1. The summed E-state index contributed by atoms with van der Waals surface area (Å²) in [6, 6.07) is 14.7. The van der Waals surface area contributed by atoms with Crippen molar-refractivity contribution in [3.8, 4) is 6.07 Å². The number of pyridine rings is 1. The predicted octanol–water partition coefficient (Wildman–Crippen LogP) is 3.11. The molecule has 0 radical (unpaired) electrons. The SMILES string of the molecule is N#C/C(=C\c1c[nH]c2ncccc12)C(=O)Nc1ccccc1. The van der Waals surface area contributed by atoms with Crippen molar-refractivity contribution in [2.45, 2.75) is 0 Å². The fourth-order valence-electron chi connectivity index (χ4n) is 2.12. The number of aromatic nitrogens is 2. The van der Waals surface area contributed by atoms with Crippen LogP contribution in [0.3, 0.4) is 0 Å². The quantitative estimate of drug-likeness (QED) is 0.574. The van der Waals surface area contributed by atoms with Gasteiger partial charge in [-0.1, -0.05) is 18.2 Å². The molecular formula is C17H12N4O. The number of hydrogen-bond donors (Lipinski definition) is 2. The molecule has 2 heterocycles. The minimum absolute atomic E-state index is 0.0357. The van der Waals surface area contributed by atoms with Crippen LogP contribution in [-0.4, -0.2) is 15.9 Å². The van der Waals surface area contributed by atoms with Crippen LogP contribution >= 0.6 is 0 Å². The highest BCUT2D eigenvalue weighted by Gasteiger charge is 2.11. The van der Waals surface area contributed by atoms with Gasteiger partial charge in [0.05, 0.1) is 0 Å². The van der Waals surface area contributed by atoms with Crippen molar-refractivity contribution >= 4 is 28.7 Å². The minimum atomic E-state index is -0.438. The third kappa shape index (κ3) is 2.72. The minimum Gasteiger partial charge on any atom is -0.346 e. The number of amides is 1. The summed E-state index contributed by atoms with van der Waals surface area (Å²) in [5.74, 6) is -0.438. The summed E-state index contributed by atoms with van der Waals surface area (Å²) in [6.45, 7) is 0. The van der Waals surface area contributed by atoms with Gasteiger partial charge in [-0.05, 0) is 30.3 Å². The van der Waals surface area contributed by atoms with Crippen molar-refractivity contribution in [2.75, 3.05) is 5.32 Å². The molecule has 0 saturated heterocycles. The predicted molar refractivity (Wildman–Crippen MR) is 84.8 cm³/mol. The van der Waals surface area contributed by atoms with E-state index in [1.165, 1.54) is 0 Å². The molecule has 0 saturated carbocycles. The second-order valence-corrected chi connectivity index (χ2v) is 4.63. The summed E-state index contributed by atoms with van der Waals surface area (Å²) in [7, 11) is 0. The number of H-pyrrole nitrogens is 1. The molecule has 0 fully saturated rings. The van der Waals surface area contributed by atoms with Crippen molar-refractivity contribution in [3.63, 3.8) is 0 Å². The van der Waals surface area contributed by atoms with Crippen LogP contribution in [0.25, 0.3) is 17.1 Å². The summed E-state index contributed by atoms with van der Waals surface area (Å²) >= 11 is 0. The van der Waals surface area contributed by atoms with Gasteiger partial charge in [0.25, 0.3) is 5.91 Å². The Hall–Kier alpha value is -3.39. The molecule has 0 spiro atoms. The second-order valence-electron chi connectivity index (χ2n) is 4.63. The first-order chi connectivity index (χ1) is 10.8. The number of nitrogens with one attached hydrogen (secondary N) is 2. The molecule has 5 heteroatoms. The Morgan fingerprint density at radius 2 is 2.05 bits per heavy atom. The van der Waals surface area contributed by atoms with Crippen LogP contribution in [-0.2, 0) is 4.79 Å². The van der Waals surface area contributed by atoms with Crippen LogP contribution in [0.15, 0.2) is 60.4 Å². The van der Waals surface area contributed by atoms with Crippen molar-refractivity contribution in [3.05, 3.63) is 66.0 Å². The number of nitrogens with zero attached hydrogens (tertiary/aromatic N) is 2. The van der Waals surface area contributed by atoms with E-state index in [0.29, 0.717) is 5.69 Å². The third-order valence-corrected chi connectivity index (χ3v) is 3.18. The zero-order valence-corrected chi connectivity index (χ0v) is 11.6. The van der Waals surface area contributed by atoms with Crippen LogP contribution in [0.1, 0.15) is 5.56 Å². The average Bonchev–Trinajstić information content (AvgIpc) is 2.96. The molecule has 2 aromatic heterocycles. The lowest BCUT2D eigenvalue weighted by Crippen LogP contribution is -2.13. The first-order valence-electron chi connectivity index (χ1n) is 6.68. The molecule has 2 N–H and O–H groups in total. The summed E-state index contributed by atoms with van der Waals surface area (Å²) in [5, 5.41) is 12.8. The molecule has 3 aromatic rings. The largest absolute Gasteiger partial charge is 0.346 e. The van der Waals surface area contributed by atoms with Crippen molar-refractivity contribution in [1.82, 2.24) is 9.97 Å². The summed E-state index contributed by atoms with van der Waals surface area (Å²) in [4.78, 5) is 19.4. The molecule has 22 heavy (non-hydrogen) atoms.